The molecule has 1 aromatic heterocycles. The van der Waals surface area contributed by atoms with E-state index in [2.05, 4.69) is 4.99 Å². The highest BCUT2D eigenvalue weighted by atomic mass is 32.1. The fraction of sp³-hybridized carbons (Fsp3) is 0.269. The number of allylic oxidation sites excluding steroid dienone is 1. The molecule has 2 aromatic carbocycles. The van der Waals surface area contributed by atoms with E-state index < -0.39 is 6.04 Å². The summed E-state index contributed by atoms with van der Waals surface area (Å²) in [4.78, 5) is 34.2. The Kier molecular flexibility index (Phi) is 6.79. The third-order valence-corrected chi connectivity index (χ3v) is 6.89. The predicted molar refractivity (Wildman–Crippen MR) is 131 cm³/mol. The molecule has 0 saturated carbocycles. The Hall–Kier alpha value is -3.52. The van der Waals surface area contributed by atoms with Crippen LogP contribution in [0.2, 0.25) is 0 Å². The van der Waals surface area contributed by atoms with Crippen LogP contribution in [0.25, 0.3) is 6.08 Å². The molecule has 1 aliphatic heterocycles. The van der Waals surface area contributed by atoms with Gasteiger partial charge < -0.3 is 9.64 Å². The zero-order valence-electron chi connectivity index (χ0n) is 19.5. The number of methoxy groups -OCH3 is 1. The van der Waals surface area contributed by atoms with E-state index in [1.165, 1.54) is 23.5 Å². The second-order valence-corrected chi connectivity index (χ2v) is 8.86. The number of halogens is 1. The molecule has 0 saturated heterocycles. The summed E-state index contributed by atoms with van der Waals surface area (Å²) in [7, 11) is 1.57. The first-order chi connectivity index (χ1) is 16.4. The van der Waals surface area contributed by atoms with E-state index in [-0.39, 0.29) is 17.3 Å². The van der Waals surface area contributed by atoms with Crippen LogP contribution in [0.15, 0.2) is 69.6 Å². The SMILES string of the molecule is CCN(CC)C(=O)C1=C(C)N=c2s/c(=C/c3ccc(F)cc3)c(=O)n2[C@H]1c1ccccc1OC. The molecule has 34 heavy (non-hydrogen) atoms. The van der Waals surface area contributed by atoms with Gasteiger partial charge in [0.1, 0.15) is 17.6 Å². The van der Waals surface area contributed by atoms with E-state index in [0.29, 0.717) is 50.6 Å². The van der Waals surface area contributed by atoms with Crippen molar-refractivity contribution < 1.29 is 13.9 Å². The molecule has 0 radical (unpaired) electrons. The van der Waals surface area contributed by atoms with E-state index in [9.17, 15) is 14.0 Å². The lowest BCUT2D eigenvalue weighted by atomic mass is 9.94. The molecule has 1 atom stereocenters. The van der Waals surface area contributed by atoms with Gasteiger partial charge in [-0.25, -0.2) is 9.38 Å². The van der Waals surface area contributed by atoms with E-state index in [1.807, 2.05) is 38.1 Å². The summed E-state index contributed by atoms with van der Waals surface area (Å²) in [6.45, 7) is 6.73. The zero-order valence-corrected chi connectivity index (χ0v) is 20.4. The molecule has 176 valence electrons. The van der Waals surface area contributed by atoms with E-state index in [1.54, 1.807) is 41.7 Å². The molecule has 0 fully saturated rings. The average Bonchev–Trinajstić information content (AvgIpc) is 3.14. The number of carbonyl (C=O) groups is 1. The standard InChI is InChI=1S/C26H26FN3O3S/c1-5-29(6-2)25(32)22-16(3)28-26-30(23(22)19-9-7-8-10-20(19)33-4)24(31)21(34-26)15-17-11-13-18(27)14-12-17/h7-15,23H,5-6H2,1-4H3/b21-15+/t23-/m0/s1. The quantitative estimate of drug-likeness (QED) is 0.545. The number of aromatic nitrogens is 1. The molecule has 4 rings (SSSR count). The molecule has 0 N–H and O–H groups in total. The van der Waals surface area contributed by atoms with Gasteiger partial charge in [-0.3, -0.25) is 14.2 Å². The third-order valence-electron chi connectivity index (χ3n) is 5.90. The van der Waals surface area contributed by atoms with Gasteiger partial charge >= 0.3 is 0 Å². The van der Waals surface area contributed by atoms with Crippen molar-refractivity contribution in [2.75, 3.05) is 20.2 Å². The Morgan fingerprint density at radius 2 is 1.85 bits per heavy atom. The molecule has 1 amide bonds. The fourth-order valence-corrected chi connectivity index (χ4v) is 5.22. The zero-order chi connectivity index (χ0) is 24.4. The second-order valence-electron chi connectivity index (χ2n) is 7.85. The maximum atomic E-state index is 13.7. The molecule has 0 bridgehead atoms. The van der Waals surface area contributed by atoms with Crippen LogP contribution in [0, 0.1) is 5.82 Å². The van der Waals surface area contributed by atoms with E-state index >= 15 is 0 Å². The van der Waals surface area contributed by atoms with Gasteiger partial charge in [-0.05, 0) is 50.6 Å². The molecule has 2 heterocycles. The smallest absolute Gasteiger partial charge is 0.271 e. The van der Waals surface area contributed by atoms with Crippen LogP contribution in [-0.2, 0) is 4.79 Å². The summed E-state index contributed by atoms with van der Waals surface area (Å²) < 4.78 is 21.0. The van der Waals surface area contributed by atoms with Gasteiger partial charge in [0.05, 0.1) is 22.9 Å². The number of benzene rings is 2. The third kappa shape index (κ3) is 4.21. The molecule has 8 heteroatoms. The maximum absolute atomic E-state index is 13.7. The first-order valence-electron chi connectivity index (χ1n) is 11.1. The van der Waals surface area contributed by atoms with Crippen molar-refractivity contribution in [3.63, 3.8) is 0 Å². The Bertz CT molecular complexity index is 1430. The van der Waals surface area contributed by atoms with Gasteiger partial charge in [-0.2, -0.15) is 0 Å². The van der Waals surface area contributed by atoms with Crippen LogP contribution in [0.1, 0.15) is 37.9 Å². The minimum Gasteiger partial charge on any atom is -0.496 e. The number of carbonyl (C=O) groups excluding carboxylic acids is 1. The summed E-state index contributed by atoms with van der Waals surface area (Å²) in [6, 6.07) is 12.7. The van der Waals surface area contributed by atoms with Crippen LogP contribution in [-0.4, -0.2) is 35.6 Å². The summed E-state index contributed by atoms with van der Waals surface area (Å²) in [5, 5.41) is 0. The molecule has 3 aromatic rings. The number of para-hydroxylation sites is 1. The number of nitrogens with zero attached hydrogens (tertiary/aromatic N) is 3. The number of rotatable bonds is 6. The Labute approximate surface area is 201 Å². The summed E-state index contributed by atoms with van der Waals surface area (Å²) in [5.74, 6) is 0.0834. The van der Waals surface area contributed by atoms with Crippen LogP contribution in [0.4, 0.5) is 4.39 Å². The maximum Gasteiger partial charge on any atom is 0.271 e. The number of hydrogen-bond acceptors (Lipinski definition) is 5. The number of likely N-dealkylation sites (N-methyl/N-ethyl adjacent to an activating group) is 1. The van der Waals surface area contributed by atoms with Crippen LogP contribution >= 0.6 is 11.3 Å². The topological polar surface area (TPSA) is 63.9 Å². The second kappa shape index (κ2) is 9.77. The van der Waals surface area contributed by atoms with E-state index in [0.717, 1.165) is 0 Å². The molecular weight excluding hydrogens is 453 g/mol. The van der Waals surface area contributed by atoms with Crippen LogP contribution in [0.5, 0.6) is 5.75 Å². The minimum absolute atomic E-state index is 0.157. The lowest BCUT2D eigenvalue weighted by Crippen LogP contribution is -2.43. The summed E-state index contributed by atoms with van der Waals surface area (Å²) in [6.07, 6.45) is 1.72. The molecule has 6 nitrogen and oxygen atoms in total. The van der Waals surface area contributed by atoms with E-state index in [4.69, 9.17) is 4.74 Å². The highest BCUT2D eigenvalue weighted by Crippen LogP contribution is 2.35. The van der Waals surface area contributed by atoms with Gasteiger partial charge in [0.25, 0.3) is 11.5 Å². The summed E-state index contributed by atoms with van der Waals surface area (Å²) in [5.41, 5.74) is 2.18. The van der Waals surface area contributed by atoms with Gasteiger partial charge in [-0.1, -0.05) is 41.7 Å². The van der Waals surface area contributed by atoms with Crippen molar-refractivity contribution in [2.45, 2.75) is 26.8 Å². The highest BCUT2D eigenvalue weighted by Gasteiger charge is 2.35. The number of thiazole rings is 1. The molecular formula is C26H26FN3O3S. The highest BCUT2D eigenvalue weighted by molar-refractivity contribution is 7.07. The largest absolute Gasteiger partial charge is 0.496 e. The predicted octanol–water partition coefficient (Wildman–Crippen LogP) is 3.25. The van der Waals surface area contributed by atoms with Crippen LogP contribution in [0.3, 0.4) is 0 Å². The fourth-order valence-electron chi connectivity index (χ4n) is 4.17. The number of fused-ring (bicyclic) bond motifs is 1. The van der Waals surface area contributed by atoms with Gasteiger partial charge in [0, 0.05) is 18.7 Å². The average molecular weight is 480 g/mol. The lowest BCUT2D eigenvalue weighted by molar-refractivity contribution is -0.127. The van der Waals surface area contributed by atoms with Gasteiger partial charge in [0.2, 0.25) is 0 Å². The number of hydrogen-bond donors (Lipinski definition) is 0. The molecule has 0 spiro atoms. The lowest BCUT2D eigenvalue weighted by Gasteiger charge is -2.29. The van der Waals surface area contributed by atoms with Crippen molar-refractivity contribution >= 4 is 23.3 Å². The number of amides is 1. The normalized spacial score (nSPS) is 15.7. The number of ether oxygens (including phenoxy) is 1. The minimum atomic E-state index is -0.684. The first-order valence-corrected chi connectivity index (χ1v) is 11.9. The molecule has 1 aliphatic rings. The van der Waals surface area contributed by atoms with Crippen molar-refractivity contribution in [2.24, 2.45) is 4.99 Å². The van der Waals surface area contributed by atoms with Crippen molar-refractivity contribution in [3.8, 4) is 5.75 Å². The summed E-state index contributed by atoms with van der Waals surface area (Å²) >= 11 is 1.24. The Morgan fingerprint density at radius 1 is 1.18 bits per heavy atom. The van der Waals surface area contributed by atoms with Gasteiger partial charge in [0.15, 0.2) is 4.80 Å². The Morgan fingerprint density at radius 3 is 2.50 bits per heavy atom. The Balaban J connectivity index is 1.99. The van der Waals surface area contributed by atoms with Crippen molar-refractivity contribution in [1.82, 2.24) is 9.47 Å². The van der Waals surface area contributed by atoms with Crippen molar-refractivity contribution in [1.29, 1.82) is 0 Å². The van der Waals surface area contributed by atoms with Gasteiger partial charge in [-0.15, -0.1) is 0 Å². The van der Waals surface area contributed by atoms with Crippen LogP contribution < -0.4 is 19.6 Å². The van der Waals surface area contributed by atoms with Crippen molar-refractivity contribution in [3.05, 3.63) is 96.4 Å². The molecule has 0 unspecified atom stereocenters. The first kappa shape index (κ1) is 23.6. The monoisotopic (exact) mass is 479 g/mol. The molecule has 0 aliphatic carbocycles.